The van der Waals surface area contributed by atoms with Crippen molar-refractivity contribution < 1.29 is 8.42 Å². The summed E-state index contributed by atoms with van der Waals surface area (Å²) in [5.41, 5.74) is 0. The molecule has 0 unspecified atom stereocenters. The predicted molar refractivity (Wildman–Crippen MR) is 49.8 cm³/mol. The molecule has 0 saturated heterocycles. The molecule has 0 spiro atoms. The first-order valence-corrected chi connectivity index (χ1v) is 5.22. The van der Waals surface area contributed by atoms with E-state index in [-0.39, 0.29) is 0 Å². The third-order valence-electron chi connectivity index (χ3n) is 1.27. The van der Waals surface area contributed by atoms with Gasteiger partial charge in [-0.25, -0.2) is 13.1 Å². The Bertz CT molecular complexity index is 261. The van der Waals surface area contributed by atoms with Crippen LogP contribution in [0.15, 0.2) is 12.0 Å². The van der Waals surface area contributed by atoms with Gasteiger partial charge in [0.15, 0.2) is 0 Å². The maximum Gasteiger partial charge on any atom is 0.233 e. The SMILES string of the molecule is C#CCCCCNS(=O)(=O)C=C. The summed E-state index contributed by atoms with van der Waals surface area (Å²) in [5.74, 6) is 2.48. The number of nitrogens with one attached hydrogen (secondary N) is 1. The average Bonchev–Trinajstić information content (AvgIpc) is 2.04. The summed E-state index contributed by atoms with van der Waals surface area (Å²) < 4.78 is 23.9. The number of terminal acetylenes is 1. The number of unbranched alkanes of at least 4 members (excludes halogenated alkanes) is 2. The highest BCUT2D eigenvalue weighted by Crippen LogP contribution is 1.93. The second-order valence-electron chi connectivity index (χ2n) is 2.27. The minimum absolute atomic E-state index is 0.427. The largest absolute Gasteiger partial charge is 0.233 e. The molecule has 0 aliphatic heterocycles. The fraction of sp³-hybridized carbons (Fsp3) is 0.500. The summed E-state index contributed by atoms with van der Waals surface area (Å²) in [6.45, 7) is 3.59. The van der Waals surface area contributed by atoms with E-state index < -0.39 is 10.0 Å². The van der Waals surface area contributed by atoms with Crippen molar-refractivity contribution in [1.29, 1.82) is 0 Å². The van der Waals surface area contributed by atoms with Crippen molar-refractivity contribution in [2.45, 2.75) is 19.3 Å². The topological polar surface area (TPSA) is 46.2 Å². The van der Waals surface area contributed by atoms with Gasteiger partial charge in [0, 0.05) is 18.4 Å². The Hall–Kier alpha value is -0.790. The molecule has 0 aliphatic carbocycles. The number of hydrogen-bond acceptors (Lipinski definition) is 2. The molecule has 68 valence electrons. The van der Waals surface area contributed by atoms with Gasteiger partial charge >= 0.3 is 0 Å². The van der Waals surface area contributed by atoms with Gasteiger partial charge in [-0.2, -0.15) is 0 Å². The zero-order valence-electron chi connectivity index (χ0n) is 6.91. The lowest BCUT2D eigenvalue weighted by molar-refractivity contribution is 0.586. The molecule has 4 heteroatoms. The van der Waals surface area contributed by atoms with Crippen LogP contribution in [-0.4, -0.2) is 15.0 Å². The molecule has 1 N–H and O–H groups in total. The van der Waals surface area contributed by atoms with Crippen molar-refractivity contribution in [3.63, 3.8) is 0 Å². The van der Waals surface area contributed by atoms with Crippen LogP contribution >= 0.6 is 0 Å². The van der Waals surface area contributed by atoms with Gasteiger partial charge in [0.05, 0.1) is 0 Å². The maximum absolute atomic E-state index is 10.8. The van der Waals surface area contributed by atoms with Crippen molar-refractivity contribution in [3.8, 4) is 12.3 Å². The van der Waals surface area contributed by atoms with Crippen molar-refractivity contribution in [3.05, 3.63) is 12.0 Å². The number of sulfonamides is 1. The molecule has 0 saturated carbocycles. The van der Waals surface area contributed by atoms with Gasteiger partial charge in [-0.15, -0.1) is 12.3 Å². The Balaban J connectivity index is 3.46. The van der Waals surface area contributed by atoms with E-state index in [1.165, 1.54) is 0 Å². The van der Waals surface area contributed by atoms with Gasteiger partial charge in [0.25, 0.3) is 0 Å². The number of hydrogen-bond donors (Lipinski definition) is 1. The van der Waals surface area contributed by atoms with Crippen LogP contribution in [0.3, 0.4) is 0 Å². The van der Waals surface area contributed by atoms with E-state index in [0.717, 1.165) is 18.2 Å². The van der Waals surface area contributed by atoms with Crippen molar-refractivity contribution >= 4 is 10.0 Å². The highest BCUT2D eigenvalue weighted by atomic mass is 32.2. The van der Waals surface area contributed by atoms with E-state index in [4.69, 9.17) is 6.42 Å². The van der Waals surface area contributed by atoms with Crippen LogP contribution in [0, 0.1) is 12.3 Å². The van der Waals surface area contributed by atoms with Crippen molar-refractivity contribution in [2.75, 3.05) is 6.54 Å². The molecule has 0 radical (unpaired) electrons. The minimum atomic E-state index is -3.24. The van der Waals surface area contributed by atoms with E-state index in [2.05, 4.69) is 17.2 Å². The van der Waals surface area contributed by atoms with Crippen molar-refractivity contribution in [2.24, 2.45) is 0 Å². The zero-order valence-corrected chi connectivity index (χ0v) is 7.73. The highest BCUT2D eigenvalue weighted by Gasteiger charge is 2.00. The fourth-order valence-electron chi connectivity index (χ4n) is 0.625. The van der Waals surface area contributed by atoms with Gasteiger partial charge in [0.2, 0.25) is 10.0 Å². The third-order valence-corrected chi connectivity index (χ3v) is 2.32. The Kier molecular flexibility index (Phi) is 5.43. The summed E-state index contributed by atoms with van der Waals surface area (Å²) in [4.78, 5) is 0. The van der Waals surface area contributed by atoms with Crippen LogP contribution in [0.25, 0.3) is 0 Å². The highest BCUT2D eigenvalue weighted by molar-refractivity contribution is 7.92. The Morgan fingerprint density at radius 3 is 2.67 bits per heavy atom. The molecule has 0 heterocycles. The molecule has 0 amide bonds. The van der Waals surface area contributed by atoms with Gasteiger partial charge in [-0.05, 0) is 12.8 Å². The second kappa shape index (κ2) is 5.81. The lowest BCUT2D eigenvalue weighted by Gasteiger charge is -1.99. The first-order chi connectivity index (χ1) is 5.62. The standard InChI is InChI=1S/C8H13NO2S/c1-3-5-6-7-8-9-12(10,11)4-2/h1,4,9H,2,5-8H2. The molecule has 0 aromatic heterocycles. The molecule has 0 rings (SSSR count). The van der Waals surface area contributed by atoms with Gasteiger partial charge < -0.3 is 0 Å². The molecule has 0 aliphatic rings. The first kappa shape index (κ1) is 11.2. The van der Waals surface area contributed by atoms with Gasteiger partial charge in [0.1, 0.15) is 0 Å². The summed E-state index contributed by atoms with van der Waals surface area (Å²) in [6.07, 6.45) is 7.31. The quantitative estimate of drug-likeness (QED) is 0.495. The summed E-state index contributed by atoms with van der Waals surface area (Å²) in [7, 11) is -3.24. The van der Waals surface area contributed by atoms with E-state index in [1.54, 1.807) is 0 Å². The third kappa shape index (κ3) is 5.96. The van der Waals surface area contributed by atoms with Crippen molar-refractivity contribution in [1.82, 2.24) is 4.72 Å². The number of rotatable bonds is 6. The average molecular weight is 187 g/mol. The summed E-state index contributed by atoms with van der Waals surface area (Å²) in [6, 6.07) is 0. The smallest absolute Gasteiger partial charge is 0.212 e. The van der Waals surface area contributed by atoms with Crippen LogP contribution in [0.4, 0.5) is 0 Å². The molecule has 0 fully saturated rings. The lowest BCUT2D eigenvalue weighted by Crippen LogP contribution is -2.21. The Morgan fingerprint density at radius 1 is 1.50 bits per heavy atom. The molecular formula is C8H13NO2S. The van der Waals surface area contributed by atoms with Crippen LogP contribution in [0.1, 0.15) is 19.3 Å². The summed E-state index contributed by atoms with van der Waals surface area (Å²) in [5, 5.41) is 0.897. The van der Waals surface area contributed by atoms with E-state index in [1.807, 2.05) is 0 Å². The Labute approximate surface area is 73.9 Å². The van der Waals surface area contributed by atoms with E-state index in [0.29, 0.717) is 13.0 Å². The van der Waals surface area contributed by atoms with Crippen LogP contribution in [0.5, 0.6) is 0 Å². The normalized spacial score (nSPS) is 10.6. The monoisotopic (exact) mass is 187 g/mol. The van der Waals surface area contributed by atoms with E-state index in [9.17, 15) is 8.42 Å². The molecule has 3 nitrogen and oxygen atoms in total. The van der Waals surface area contributed by atoms with Gasteiger partial charge in [-0.3, -0.25) is 0 Å². The lowest BCUT2D eigenvalue weighted by atomic mass is 10.2. The first-order valence-electron chi connectivity index (χ1n) is 3.68. The molecular weight excluding hydrogens is 174 g/mol. The van der Waals surface area contributed by atoms with E-state index >= 15 is 0 Å². The minimum Gasteiger partial charge on any atom is -0.212 e. The summed E-state index contributed by atoms with van der Waals surface area (Å²) >= 11 is 0. The maximum atomic E-state index is 10.8. The molecule has 0 bridgehead atoms. The fourth-order valence-corrected chi connectivity index (χ4v) is 1.17. The van der Waals surface area contributed by atoms with Crippen LogP contribution < -0.4 is 4.72 Å². The Morgan fingerprint density at radius 2 is 2.17 bits per heavy atom. The predicted octanol–water partition coefficient (Wildman–Crippen LogP) is 0.853. The van der Waals surface area contributed by atoms with Crippen LogP contribution in [-0.2, 0) is 10.0 Å². The van der Waals surface area contributed by atoms with Gasteiger partial charge in [-0.1, -0.05) is 6.58 Å². The second-order valence-corrected chi connectivity index (χ2v) is 3.98. The van der Waals surface area contributed by atoms with Crippen LogP contribution in [0.2, 0.25) is 0 Å². The zero-order chi connectivity index (χ0) is 9.45. The molecule has 0 aromatic carbocycles. The molecule has 12 heavy (non-hydrogen) atoms. The molecule has 0 atom stereocenters. The molecule has 0 aromatic rings.